The van der Waals surface area contributed by atoms with Crippen LogP contribution in [0.4, 0.5) is 0 Å². The summed E-state index contributed by atoms with van der Waals surface area (Å²) in [6.45, 7) is 9.09. The number of unbranched alkanes of at least 4 members (excludes halogenated alkanes) is 1. The van der Waals surface area contributed by atoms with Crippen molar-refractivity contribution >= 4 is 22.6 Å². The van der Waals surface area contributed by atoms with E-state index >= 15 is 0 Å². The highest BCUT2D eigenvalue weighted by Crippen LogP contribution is 2.30. The zero-order valence-corrected chi connectivity index (χ0v) is 14.0. The van der Waals surface area contributed by atoms with E-state index in [1.54, 1.807) is 17.8 Å². The summed E-state index contributed by atoms with van der Waals surface area (Å²) < 4.78 is 0. The van der Waals surface area contributed by atoms with Crippen molar-refractivity contribution in [2.24, 2.45) is 5.10 Å². The van der Waals surface area contributed by atoms with Crippen LogP contribution in [0, 0.1) is 13.8 Å². The van der Waals surface area contributed by atoms with Gasteiger partial charge in [-0.1, -0.05) is 37.2 Å². The lowest BCUT2D eigenvalue weighted by atomic mass is 10.0. The summed E-state index contributed by atoms with van der Waals surface area (Å²) >= 11 is 1.57. The highest BCUT2D eigenvalue weighted by atomic mass is 32.2. The van der Waals surface area contributed by atoms with Gasteiger partial charge in [0.25, 0.3) is 0 Å². The van der Waals surface area contributed by atoms with E-state index in [0.717, 1.165) is 40.6 Å². The summed E-state index contributed by atoms with van der Waals surface area (Å²) in [6.07, 6.45) is 3.91. The minimum Gasteiger partial charge on any atom is -0.289 e. The molecule has 0 aromatic heterocycles. The van der Waals surface area contributed by atoms with Crippen LogP contribution < -0.4 is 0 Å². The number of aryl methyl sites for hydroxylation is 2. The van der Waals surface area contributed by atoms with Crippen molar-refractivity contribution in [2.75, 3.05) is 6.54 Å². The third-order valence-corrected chi connectivity index (χ3v) is 4.45. The molecule has 2 rings (SSSR count). The number of carbonyl (C=O) groups is 1. The summed E-state index contributed by atoms with van der Waals surface area (Å²) in [6, 6.07) is 5.85. The Hall–Kier alpha value is -1.55. The second-order valence-electron chi connectivity index (χ2n) is 5.34. The number of carbonyl (C=O) groups excluding carboxylic acids is 1. The SMILES string of the molecule is CCCCN1N=C(C)S/C1=C\C(=O)c1ccc(C)c(C)c1. The summed E-state index contributed by atoms with van der Waals surface area (Å²) in [4.78, 5) is 12.4. The van der Waals surface area contributed by atoms with Gasteiger partial charge in [0.2, 0.25) is 0 Å². The van der Waals surface area contributed by atoms with Gasteiger partial charge in [0, 0.05) is 18.2 Å². The molecular weight excluding hydrogens is 280 g/mol. The van der Waals surface area contributed by atoms with Crippen LogP contribution in [0.2, 0.25) is 0 Å². The molecule has 0 unspecified atom stereocenters. The molecule has 0 saturated carbocycles. The normalized spacial score (nSPS) is 16.5. The van der Waals surface area contributed by atoms with E-state index in [4.69, 9.17) is 0 Å². The molecule has 0 N–H and O–H groups in total. The molecule has 4 heteroatoms. The molecule has 0 spiro atoms. The Morgan fingerprint density at radius 2 is 2.05 bits per heavy atom. The van der Waals surface area contributed by atoms with Gasteiger partial charge < -0.3 is 0 Å². The van der Waals surface area contributed by atoms with E-state index in [1.165, 1.54) is 5.56 Å². The lowest BCUT2D eigenvalue weighted by Crippen LogP contribution is -2.14. The molecule has 1 aromatic rings. The van der Waals surface area contributed by atoms with E-state index in [1.807, 2.05) is 37.1 Å². The van der Waals surface area contributed by atoms with Gasteiger partial charge in [0.1, 0.15) is 5.03 Å². The third kappa shape index (κ3) is 3.97. The minimum atomic E-state index is 0.0481. The van der Waals surface area contributed by atoms with Crippen LogP contribution in [-0.2, 0) is 0 Å². The van der Waals surface area contributed by atoms with Crippen LogP contribution in [0.25, 0.3) is 0 Å². The average molecular weight is 302 g/mol. The van der Waals surface area contributed by atoms with Crippen molar-refractivity contribution in [3.8, 4) is 0 Å². The number of rotatable bonds is 5. The Labute approximate surface area is 131 Å². The third-order valence-electron chi connectivity index (χ3n) is 3.54. The lowest BCUT2D eigenvalue weighted by Gasteiger charge is -2.14. The number of hydrazone groups is 1. The molecule has 0 radical (unpaired) electrons. The monoisotopic (exact) mass is 302 g/mol. The van der Waals surface area contributed by atoms with Crippen molar-refractivity contribution < 1.29 is 4.79 Å². The molecule has 1 aromatic carbocycles. The van der Waals surface area contributed by atoms with E-state index in [-0.39, 0.29) is 5.78 Å². The summed E-state index contributed by atoms with van der Waals surface area (Å²) in [7, 11) is 0. The molecule has 0 amide bonds. The van der Waals surface area contributed by atoms with Crippen LogP contribution in [0.5, 0.6) is 0 Å². The number of hydrogen-bond donors (Lipinski definition) is 0. The Balaban J connectivity index is 2.17. The molecule has 3 nitrogen and oxygen atoms in total. The van der Waals surface area contributed by atoms with E-state index in [0.29, 0.717) is 0 Å². The van der Waals surface area contributed by atoms with Gasteiger partial charge in [-0.2, -0.15) is 5.10 Å². The first-order valence-electron chi connectivity index (χ1n) is 7.35. The molecule has 0 aliphatic carbocycles. The number of benzene rings is 1. The molecule has 1 aliphatic heterocycles. The average Bonchev–Trinajstić information content (AvgIpc) is 2.79. The van der Waals surface area contributed by atoms with Crippen molar-refractivity contribution in [2.45, 2.75) is 40.5 Å². The van der Waals surface area contributed by atoms with Crippen LogP contribution in [0.1, 0.15) is 48.2 Å². The summed E-state index contributed by atoms with van der Waals surface area (Å²) in [5.74, 6) is 0.0481. The highest BCUT2D eigenvalue weighted by Gasteiger charge is 2.19. The molecule has 0 fully saturated rings. The predicted molar refractivity (Wildman–Crippen MR) is 90.6 cm³/mol. The molecule has 112 valence electrons. The maximum atomic E-state index is 12.4. The van der Waals surface area contributed by atoms with Crippen molar-refractivity contribution in [1.29, 1.82) is 0 Å². The van der Waals surface area contributed by atoms with Gasteiger partial charge in [0.05, 0.1) is 5.04 Å². The maximum Gasteiger partial charge on any atom is 0.188 e. The molecule has 0 bridgehead atoms. The smallest absolute Gasteiger partial charge is 0.188 e. The number of ketones is 1. The Morgan fingerprint density at radius 1 is 1.29 bits per heavy atom. The fourth-order valence-electron chi connectivity index (χ4n) is 2.11. The zero-order chi connectivity index (χ0) is 15.4. The Kier molecular flexibility index (Phi) is 5.23. The number of allylic oxidation sites excluding steroid dienone is 1. The van der Waals surface area contributed by atoms with Crippen LogP contribution in [-0.4, -0.2) is 22.4 Å². The van der Waals surface area contributed by atoms with Gasteiger partial charge >= 0.3 is 0 Å². The summed E-state index contributed by atoms with van der Waals surface area (Å²) in [5, 5.41) is 8.35. The second-order valence-corrected chi connectivity index (χ2v) is 6.56. The Bertz CT molecular complexity index is 605. The fraction of sp³-hybridized carbons (Fsp3) is 0.412. The van der Waals surface area contributed by atoms with Crippen molar-refractivity contribution in [3.05, 3.63) is 46.0 Å². The molecule has 1 heterocycles. The standard InChI is InChI=1S/C17H22N2OS/c1-5-6-9-19-17(21-14(4)18-19)11-16(20)15-8-7-12(2)13(3)10-15/h7-8,10-11H,5-6,9H2,1-4H3/b17-11-. The van der Waals surface area contributed by atoms with Gasteiger partial charge in [-0.25, -0.2) is 0 Å². The van der Waals surface area contributed by atoms with Crippen LogP contribution >= 0.6 is 11.8 Å². The van der Waals surface area contributed by atoms with Gasteiger partial charge in [0.15, 0.2) is 5.78 Å². The topological polar surface area (TPSA) is 32.7 Å². The largest absolute Gasteiger partial charge is 0.289 e. The molecule has 21 heavy (non-hydrogen) atoms. The predicted octanol–water partition coefficient (Wildman–Crippen LogP) is 4.51. The quantitative estimate of drug-likeness (QED) is 0.592. The fourth-order valence-corrected chi connectivity index (χ4v) is 2.95. The number of thioether (sulfide) groups is 1. The van der Waals surface area contributed by atoms with Crippen LogP contribution in [0.3, 0.4) is 0 Å². The zero-order valence-electron chi connectivity index (χ0n) is 13.1. The minimum absolute atomic E-state index is 0.0481. The Morgan fingerprint density at radius 3 is 2.71 bits per heavy atom. The first-order valence-corrected chi connectivity index (χ1v) is 8.16. The van der Waals surface area contributed by atoms with Crippen molar-refractivity contribution in [3.63, 3.8) is 0 Å². The first-order chi connectivity index (χ1) is 10.0. The molecule has 0 saturated heterocycles. The van der Waals surface area contributed by atoms with Gasteiger partial charge in [-0.05, 0) is 44.4 Å². The molecule has 0 atom stereocenters. The van der Waals surface area contributed by atoms with E-state index < -0.39 is 0 Å². The first kappa shape index (κ1) is 15.8. The second kappa shape index (κ2) is 6.94. The lowest BCUT2D eigenvalue weighted by molar-refractivity contribution is 0.104. The van der Waals surface area contributed by atoms with Crippen molar-refractivity contribution in [1.82, 2.24) is 5.01 Å². The van der Waals surface area contributed by atoms with E-state index in [9.17, 15) is 4.79 Å². The number of hydrogen-bond acceptors (Lipinski definition) is 4. The maximum absolute atomic E-state index is 12.4. The van der Waals surface area contributed by atoms with Gasteiger partial charge in [-0.15, -0.1) is 0 Å². The van der Waals surface area contributed by atoms with Crippen LogP contribution in [0.15, 0.2) is 34.4 Å². The molecule has 1 aliphatic rings. The van der Waals surface area contributed by atoms with E-state index in [2.05, 4.69) is 18.9 Å². The number of nitrogens with zero attached hydrogens (tertiary/aromatic N) is 2. The highest BCUT2D eigenvalue weighted by molar-refractivity contribution is 8.17. The van der Waals surface area contributed by atoms with Gasteiger partial charge in [-0.3, -0.25) is 9.80 Å². The summed E-state index contributed by atoms with van der Waals surface area (Å²) in [5.41, 5.74) is 3.10. The molecular formula is C17H22N2OS.